The second-order valence-electron chi connectivity index (χ2n) is 5.95. The lowest BCUT2D eigenvalue weighted by Crippen LogP contribution is -2.14. The minimum absolute atomic E-state index is 0.00633. The number of carbonyl (C=O) groups is 1. The molecule has 1 amide bonds. The first-order chi connectivity index (χ1) is 13.1. The highest BCUT2D eigenvalue weighted by atomic mass is 32.1. The molecule has 27 heavy (non-hydrogen) atoms. The van der Waals surface area contributed by atoms with Crippen molar-refractivity contribution in [1.82, 2.24) is 9.38 Å². The fraction of sp³-hybridized carbons (Fsp3) is 0.0526. The Kier molecular flexibility index (Phi) is 4.39. The number of nitrogens with zero attached hydrogens (tertiary/aromatic N) is 3. The first-order valence-corrected chi connectivity index (χ1v) is 9.02. The maximum atomic E-state index is 12.3. The van der Waals surface area contributed by atoms with Crippen molar-refractivity contribution in [1.29, 1.82) is 0 Å². The lowest BCUT2D eigenvalue weighted by atomic mass is 10.1. The van der Waals surface area contributed by atoms with Gasteiger partial charge < -0.3 is 5.32 Å². The average molecular weight is 378 g/mol. The Bertz CT molecular complexity index is 1100. The monoisotopic (exact) mass is 378 g/mol. The predicted octanol–water partition coefficient (Wildman–Crippen LogP) is 4.15. The maximum Gasteiger partial charge on any atom is 0.269 e. The molecule has 0 saturated heterocycles. The Morgan fingerprint density at radius 2 is 2.04 bits per heavy atom. The molecule has 1 N–H and O–H groups in total. The number of imidazole rings is 1. The molecule has 0 fully saturated rings. The summed E-state index contributed by atoms with van der Waals surface area (Å²) in [4.78, 5) is 28.0. The molecule has 2 aromatic heterocycles. The molecule has 7 nitrogen and oxygen atoms in total. The SMILES string of the molecule is O=C(Cc1ccc([N+](=O)[O-])cc1)Nc1cccc(-c2cn3ccsc3n2)c1. The summed E-state index contributed by atoms with van der Waals surface area (Å²) < 4.78 is 1.96. The Morgan fingerprint density at radius 3 is 2.78 bits per heavy atom. The summed E-state index contributed by atoms with van der Waals surface area (Å²) >= 11 is 1.56. The Morgan fingerprint density at radius 1 is 1.22 bits per heavy atom. The van der Waals surface area contributed by atoms with Gasteiger partial charge in [-0.15, -0.1) is 11.3 Å². The molecule has 0 aliphatic heterocycles. The third-order valence-electron chi connectivity index (χ3n) is 4.05. The van der Waals surface area contributed by atoms with Crippen LogP contribution < -0.4 is 5.32 Å². The summed E-state index contributed by atoms with van der Waals surface area (Å²) in [7, 11) is 0. The van der Waals surface area contributed by atoms with Crippen molar-refractivity contribution in [2.24, 2.45) is 0 Å². The van der Waals surface area contributed by atoms with Crippen molar-refractivity contribution in [2.45, 2.75) is 6.42 Å². The molecule has 0 unspecified atom stereocenters. The minimum atomic E-state index is -0.463. The van der Waals surface area contributed by atoms with E-state index in [1.54, 1.807) is 23.5 Å². The number of nitro benzene ring substituents is 1. The molecule has 0 spiro atoms. The lowest BCUT2D eigenvalue weighted by molar-refractivity contribution is -0.384. The smallest absolute Gasteiger partial charge is 0.269 e. The zero-order valence-corrected chi connectivity index (χ0v) is 14.8. The number of nitrogens with one attached hydrogen (secondary N) is 1. The molecule has 0 aliphatic carbocycles. The molecule has 0 bridgehead atoms. The molecule has 4 aromatic rings. The molecule has 134 valence electrons. The van der Waals surface area contributed by atoms with Gasteiger partial charge in [-0.1, -0.05) is 24.3 Å². The van der Waals surface area contributed by atoms with Gasteiger partial charge in [-0.05, 0) is 17.7 Å². The van der Waals surface area contributed by atoms with Crippen LogP contribution in [0.2, 0.25) is 0 Å². The summed E-state index contributed by atoms with van der Waals surface area (Å²) in [6, 6.07) is 13.5. The van der Waals surface area contributed by atoms with E-state index in [-0.39, 0.29) is 18.0 Å². The highest BCUT2D eigenvalue weighted by Gasteiger charge is 2.10. The van der Waals surface area contributed by atoms with Crippen LogP contribution in [0.15, 0.2) is 66.3 Å². The highest BCUT2D eigenvalue weighted by molar-refractivity contribution is 7.15. The number of hydrogen-bond donors (Lipinski definition) is 1. The number of carbonyl (C=O) groups excluding carboxylic acids is 1. The van der Waals surface area contributed by atoms with Gasteiger partial charge in [-0.3, -0.25) is 19.3 Å². The number of benzene rings is 2. The third kappa shape index (κ3) is 3.70. The summed E-state index contributed by atoms with van der Waals surface area (Å²) in [6.07, 6.45) is 4.04. The third-order valence-corrected chi connectivity index (χ3v) is 4.82. The van der Waals surface area contributed by atoms with E-state index < -0.39 is 4.92 Å². The van der Waals surface area contributed by atoms with E-state index in [9.17, 15) is 14.9 Å². The number of amides is 1. The molecule has 2 heterocycles. The molecule has 2 aromatic carbocycles. The van der Waals surface area contributed by atoms with E-state index in [4.69, 9.17) is 0 Å². The normalized spacial score (nSPS) is 10.8. The maximum absolute atomic E-state index is 12.3. The van der Waals surface area contributed by atoms with E-state index in [1.807, 2.05) is 46.4 Å². The number of rotatable bonds is 5. The quantitative estimate of drug-likeness (QED) is 0.417. The summed E-state index contributed by atoms with van der Waals surface area (Å²) in [5, 5.41) is 15.5. The van der Waals surface area contributed by atoms with Crippen molar-refractivity contribution in [3.8, 4) is 11.3 Å². The largest absolute Gasteiger partial charge is 0.326 e. The number of fused-ring (bicyclic) bond motifs is 1. The van der Waals surface area contributed by atoms with Crippen molar-refractivity contribution in [2.75, 3.05) is 5.32 Å². The number of anilines is 1. The van der Waals surface area contributed by atoms with Gasteiger partial charge in [0.25, 0.3) is 5.69 Å². The number of aromatic nitrogens is 2. The number of non-ortho nitro benzene ring substituents is 1. The molecule has 0 saturated carbocycles. The van der Waals surface area contributed by atoms with Gasteiger partial charge in [0.15, 0.2) is 4.96 Å². The topological polar surface area (TPSA) is 89.5 Å². The van der Waals surface area contributed by atoms with Crippen molar-refractivity contribution < 1.29 is 9.72 Å². The predicted molar refractivity (Wildman–Crippen MR) is 104 cm³/mol. The number of hydrogen-bond acceptors (Lipinski definition) is 5. The van der Waals surface area contributed by atoms with Gasteiger partial charge in [0.1, 0.15) is 0 Å². The Balaban J connectivity index is 1.46. The first-order valence-electron chi connectivity index (χ1n) is 8.14. The molecule has 0 radical (unpaired) electrons. The number of nitro groups is 1. The summed E-state index contributed by atoms with van der Waals surface area (Å²) in [6.45, 7) is 0. The van der Waals surface area contributed by atoms with Gasteiger partial charge in [0.2, 0.25) is 5.91 Å². The van der Waals surface area contributed by atoms with Crippen molar-refractivity contribution in [3.05, 3.63) is 82.0 Å². The van der Waals surface area contributed by atoms with Crippen LogP contribution in [-0.2, 0) is 11.2 Å². The minimum Gasteiger partial charge on any atom is -0.326 e. The van der Waals surface area contributed by atoms with Gasteiger partial charge in [-0.25, -0.2) is 4.98 Å². The Labute approximate surface area is 158 Å². The fourth-order valence-corrected chi connectivity index (χ4v) is 3.45. The van der Waals surface area contributed by atoms with Crippen LogP contribution >= 0.6 is 11.3 Å². The van der Waals surface area contributed by atoms with Crippen LogP contribution in [0.25, 0.3) is 16.2 Å². The van der Waals surface area contributed by atoms with Gasteiger partial charge >= 0.3 is 0 Å². The first kappa shape index (κ1) is 16.9. The molecule has 0 atom stereocenters. The van der Waals surface area contributed by atoms with Crippen molar-refractivity contribution in [3.63, 3.8) is 0 Å². The zero-order valence-electron chi connectivity index (χ0n) is 14.0. The van der Waals surface area contributed by atoms with Gasteiger partial charge in [0.05, 0.1) is 17.0 Å². The number of thiazole rings is 1. The zero-order chi connectivity index (χ0) is 18.8. The fourth-order valence-electron chi connectivity index (χ4n) is 2.75. The van der Waals surface area contributed by atoms with Crippen molar-refractivity contribution >= 4 is 33.6 Å². The van der Waals surface area contributed by atoms with E-state index in [2.05, 4.69) is 10.3 Å². The average Bonchev–Trinajstić information content (AvgIpc) is 3.24. The summed E-state index contributed by atoms with van der Waals surface area (Å²) in [5.41, 5.74) is 3.15. The van der Waals surface area contributed by atoms with Crippen LogP contribution in [0.4, 0.5) is 11.4 Å². The van der Waals surface area contributed by atoms with E-state index >= 15 is 0 Å². The molecule has 4 rings (SSSR count). The van der Waals surface area contributed by atoms with Gasteiger partial charge in [0, 0.05) is 41.2 Å². The highest BCUT2D eigenvalue weighted by Crippen LogP contribution is 2.24. The summed E-state index contributed by atoms with van der Waals surface area (Å²) in [5.74, 6) is -0.188. The van der Waals surface area contributed by atoms with Crippen LogP contribution in [-0.4, -0.2) is 20.2 Å². The van der Waals surface area contributed by atoms with E-state index in [1.165, 1.54) is 12.1 Å². The van der Waals surface area contributed by atoms with Gasteiger partial charge in [-0.2, -0.15) is 0 Å². The van der Waals surface area contributed by atoms with E-state index in [0.717, 1.165) is 16.2 Å². The molecule has 8 heteroatoms. The van der Waals surface area contributed by atoms with Crippen LogP contribution in [0.5, 0.6) is 0 Å². The Hall–Kier alpha value is -3.52. The van der Waals surface area contributed by atoms with Crippen LogP contribution in [0.3, 0.4) is 0 Å². The molecule has 0 aliphatic rings. The lowest BCUT2D eigenvalue weighted by Gasteiger charge is -2.07. The second kappa shape index (κ2) is 7.00. The van der Waals surface area contributed by atoms with E-state index in [0.29, 0.717) is 11.3 Å². The van der Waals surface area contributed by atoms with Crippen LogP contribution in [0, 0.1) is 10.1 Å². The standard InChI is InChI=1S/C19H14N4O3S/c24-18(10-13-4-6-16(7-5-13)23(25)26)20-15-3-1-2-14(11-15)17-12-22-8-9-27-19(22)21-17/h1-9,11-12H,10H2,(H,20,24). The molecular formula is C19H14N4O3S. The molecular weight excluding hydrogens is 364 g/mol. The second-order valence-corrected chi connectivity index (χ2v) is 6.82. The van der Waals surface area contributed by atoms with Crippen LogP contribution in [0.1, 0.15) is 5.56 Å².